The first kappa shape index (κ1) is 17.3. The van der Waals surface area contributed by atoms with Gasteiger partial charge in [-0.2, -0.15) is 0 Å². The number of nitrogens with one attached hydrogen (secondary N) is 1. The van der Waals surface area contributed by atoms with Crippen LogP contribution in [0.2, 0.25) is 0 Å². The van der Waals surface area contributed by atoms with Crippen molar-refractivity contribution in [3.63, 3.8) is 0 Å². The first-order valence-corrected chi connectivity index (χ1v) is 9.28. The van der Waals surface area contributed by atoms with Crippen LogP contribution in [-0.2, 0) is 0 Å². The van der Waals surface area contributed by atoms with Crippen LogP contribution < -0.4 is 5.32 Å². The fourth-order valence-electron chi connectivity index (χ4n) is 2.74. The molecule has 0 saturated carbocycles. The van der Waals surface area contributed by atoms with Crippen molar-refractivity contribution in [2.75, 3.05) is 5.32 Å². The standard InChI is InChI=1S/C21H17N3O2S/c1-13-11-14(2)23-21(22-13)27-17-9-7-16(8-10-17)24-20(25)19-12-15-5-3-4-6-18(15)26-19/h3-12H,1-2H3,(H,24,25). The van der Waals surface area contributed by atoms with Gasteiger partial charge in [0.15, 0.2) is 10.9 Å². The van der Waals surface area contributed by atoms with Crippen LogP contribution in [0.4, 0.5) is 5.69 Å². The molecular weight excluding hydrogens is 358 g/mol. The SMILES string of the molecule is Cc1cc(C)nc(Sc2ccc(NC(=O)c3cc4ccccc4o3)cc2)n1. The van der Waals surface area contributed by atoms with E-state index in [0.29, 0.717) is 22.2 Å². The number of carbonyl (C=O) groups is 1. The van der Waals surface area contributed by atoms with Crippen LogP contribution in [0.3, 0.4) is 0 Å². The smallest absolute Gasteiger partial charge is 0.291 e. The zero-order chi connectivity index (χ0) is 18.8. The average Bonchev–Trinajstić information content (AvgIpc) is 3.07. The molecule has 1 amide bonds. The lowest BCUT2D eigenvalue weighted by atomic mass is 10.2. The summed E-state index contributed by atoms with van der Waals surface area (Å²) >= 11 is 1.49. The minimum atomic E-state index is -0.274. The zero-order valence-corrected chi connectivity index (χ0v) is 15.7. The van der Waals surface area contributed by atoms with E-state index < -0.39 is 0 Å². The van der Waals surface area contributed by atoms with E-state index >= 15 is 0 Å². The predicted octanol–water partition coefficient (Wildman–Crippen LogP) is 5.24. The van der Waals surface area contributed by atoms with Crippen LogP contribution in [0.15, 0.2) is 75.1 Å². The van der Waals surface area contributed by atoms with E-state index in [0.717, 1.165) is 21.7 Å². The molecular formula is C21H17N3O2S. The van der Waals surface area contributed by atoms with Gasteiger partial charge in [0.2, 0.25) is 0 Å². The van der Waals surface area contributed by atoms with Crippen molar-refractivity contribution < 1.29 is 9.21 Å². The Balaban J connectivity index is 1.46. The van der Waals surface area contributed by atoms with Crippen LogP contribution in [0, 0.1) is 13.8 Å². The van der Waals surface area contributed by atoms with Gasteiger partial charge in [0.1, 0.15) is 5.58 Å². The van der Waals surface area contributed by atoms with Crippen LogP contribution in [0.1, 0.15) is 21.9 Å². The lowest BCUT2D eigenvalue weighted by Crippen LogP contribution is -2.10. The third kappa shape index (κ3) is 4.01. The zero-order valence-electron chi connectivity index (χ0n) is 14.9. The first-order chi connectivity index (χ1) is 13.1. The molecule has 5 nitrogen and oxygen atoms in total. The number of aromatic nitrogens is 2. The second-order valence-corrected chi connectivity index (χ2v) is 7.20. The second-order valence-electron chi connectivity index (χ2n) is 6.16. The van der Waals surface area contributed by atoms with Crippen LogP contribution in [-0.4, -0.2) is 15.9 Å². The fourth-order valence-corrected chi connectivity index (χ4v) is 3.60. The molecule has 0 spiro atoms. The Morgan fingerprint density at radius 2 is 1.67 bits per heavy atom. The summed E-state index contributed by atoms with van der Waals surface area (Å²) in [5, 5.41) is 4.48. The summed E-state index contributed by atoms with van der Waals surface area (Å²) < 4.78 is 5.59. The Morgan fingerprint density at radius 1 is 0.963 bits per heavy atom. The van der Waals surface area contributed by atoms with Crippen molar-refractivity contribution in [2.45, 2.75) is 23.9 Å². The lowest BCUT2D eigenvalue weighted by molar-refractivity contribution is 0.0998. The van der Waals surface area contributed by atoms with Gasteiger partial charge in [-0.15, -0.1) is 0 Å². The van der Waals surface area contributed by atoms with Crippen molar-refractivity contribution in [1.82, 2.24) is 9.97 Å². The molecule has 0 unspecified atom stereocenters. The van der Waals surface area contributed by atoms with Crippen molar-refractivity contribution in [3.05, 3.63) is 77.8 Å². The highest BCUT2D eigenvalue weighted by Crippen LogP contribution is 2.26. The summed E-state index contributed by atoms with van der Waals surface area (Å²) in [5.41, 5.74) is 3.29. The minimum Gasteiger partial charge on any atom is -0.451 e. The quantitative estimate of drug-likeness (QED) is 0.494. The fraction of sp³-hybridized carbons (Fsp3) is 0.0952. The van der Waals surface area contributed by atoms with Gasteiger partial charge in [0, 0.05) is 27.4 Å². The number of hydrogen-bond donors (Lipinski definition) is 1. The normalized spacial score (nSPS) is 10.9. The van der Waals surface area contributed by atoms with Gasteiger partial charge < -0.3 is 9.73 Å². The molecule has 0 aliphatic rings. The Kier molecular flexibility index (Phi) is 4.64. The molecule has 4 aromatic rings. The number of benzene rings is 2. The first-order valence-electron chi connectivity index (χ1n) is 8.47. The van der Waals surface area contributed by atoms with E-state index in [9.17, 15) is 4.79 Å². The lowest BCUT2D eigenvalue weighted by Gasteiger charge is -2.06. The number of amides is 1. The summed E-state index contributed by atoms with van der Waals surface area (Å²) in [6.07, 6.45) is 0. The summed E-state index contributed by atoms with van der Waals surface area (Å²) in [4.78, 5) is 22.3. The molecule has 0 bridgehead atoms. The molecule has 2 aromatic heterocycles. The molecule has 0 atom stereocenters. The molecule has 2 aromatic carbocycles. The Morgan fingerprint density at radius 3 is 2.37 bits per heavy atom. The molecule has 0 radical (unpaired) electrons. The van der Waals surface area contributed by atoms with E-state index in [1.54, 1.807) is 6.07 Å². The number of anilines is 1. The van der Waals surface area contributed by atoms with Gasteiger partial charge in [-0.1, -0.05) is 18.2 Å². The molecule has 2 heterocycles. The number of hydrogen-bond acceptors (Lipinski definition) is 5. The van der Waals surface area contributed by atoms with Gasteiger partial charge in [0.05, 0.1) is 0 Å². The van der Waals surface area contributed by atoms with E-state index in [1.165, 1.54) is 11.8 Å². The molecule has 134 valence electrons. The molecule has 0 aliphatic heterocycles. The Labute approximate surface area is 160 Å². The van der Waals surface area contributed by atoms with Gasteiger partial charge >= 0.3 is 0 Å². The third-order valence-corrected chi connectivity index (χ3v) is 4.81. The van der Waals surface area contributed by atoms with Gasteiger partial charge in [-0.3, -0.25) is 4.79 Å². The van der Waals surface area contributed by atoms with Gasteiger partial charge in [-0.25, -0.2) is 9.97 Å². The van der Waals surface area contributed by atoms with Gasteiger partial charge in [-0.05, 0) is 68.1 Å². The maximum Gasteiger partial charge on any atom is 0.291 e. The van der Waals surface area contributed by atoms with Crippen molar-refractivity contribution >= 4 is 34.3 Å². The number of para-hydroxylation sites is 1. The molecule has 4 rings (SSSR count). The maximum absolute atomic E-state index is 12.4. The summed E-state index contributed by atoms with van der Waals surface area (Å²) in [6.45, 7) is 3.91. The Bertz CT molecular complexity index is 1070. The summed E-state index contributed by atoms with van der Waals surface area (Å²) in [7, 11) is 0. The van der Waals surface area contributed by atoms with E-state index in [2.05, 4.69) is 15.3 Å². The number of aryl methyl sites for hydroxylation is 2. The van der Waals surface area contributed by atoms with Crippen molar-refractivity contribution in [3.8, 4) is 0 Å². The number of fused-ring (bicyclic) bond motifs is 1. The topological polar surface area (TPSA) is 68.0 Å². The third-order valence-electron chi connectivity index (χ3n) is 3.93. The monoisotopic (exact) mass is 375 g/mol. The second kappa shape index (κ2) is 7.25. The number of carbonyl (C=O) groups excluding carboxylic acids is 1. The molecule has 0 fully saturated rings. The highest BCUT2D eigenvalue weighted by molar-refractivity contribution is 7.99. The van der Waals surface area contributed by atoms with Crippen LogP contribution >= 0.6 is 11.8 Å². The van der Waals surface area contributed by atoms with Crippen molar-refractivity contribution in [1.29, 1.82) is 0 Å². The van der Waals surface area contributed by atoms with Crippen LogP contribution in [0.25, 0.3) is 11.0 Å². The van der Waals surface area contributed by atoms with E-state index in [4.69, 9.17) is 4.42 Å². The number of nitrogens with zero attached hydrogens (tertiary/aromatic N) is 2. The number of furan rings is 1. The van der Waals surface area contributed by atoms with Gasteiger partial charge in [0.25, 0.3) is 5.91 Å². The highest BCUT2D eigenvalue weighted by Gasteiger charge is 2.12. The maximum atomic E-state index is 12.4. The van der Waals surface area contributed by atoms with E-state index in [-0.39, 0.29) is 5.91 Å². The van der Waals surface area contributed by atoms with E-state index in [1.807, 2.05) is 68.4 Å². The molecule has 0 saturated heterocycles. The average molecular weight is 375 g/mol. The highest BCUT2D eigenvalue weighted by atomic mass is 32.2. The largest absolute Gasteiger partial charge is 0.451 e. The predicted molar refractivity (Wildman–Crippen MR) is 106 cm³/mol. The van der Waals surface area contributed by atoms with Crippen LogP contribution in [0.5, 0.6) is 0 Å². The Hall–Kier alpha value is -3.12. The minimum absolute atomic E-state index is 0.274. The molecule has 1 N–H and O–H groups in total. The summed E-state index contributed by atoms with van der Waals surface area (Å²) in [5.74, 6) is 0.0162. The van der Waals surface area contributed by atoms with Crippen molar-refractivity contribution in [2.24, 2.45) is 0 Å². The number of rotatable bonds is 4. The molecule has 6 heteroatoms. The molecule has 27 heavy (non-hydrogen) atoms. The summed E-state index contributed by atoms with van der Waals surface area (Å²) in [6, 6.07) is 18.8. The molecule has 0 aliphatic carbocycles.